The van der Waals surface area contributed by atoms with E-state index in [4.69, 9.17) is 0 Å². The van der Waals surface area contributed by atoms with Crippen molar-refractivity contribution in [2.45, 2.75) is 72.4 Å². The van der Waals surface area contributed by atoms with Gasteiger partial charge in [0.2, 0.25) is 6.71 Å². The zero-order valence-corrected chi connectivity index (χ0v) is 33.7. The Morgan fingerprint density at radius 3 is 1.74 bits per heavy atom. The first-order chi connectivity index (χ1) is 25.2. The smallest absolute Gasteiger partial charge is 0.240 e. The Hall–Kier alpha value is -5.06. The molecule has 53 heavy (non-hydrogen) atoms. The summed E-state index contributed by atoms with van der Waals surface area (Å²) >= 11 is 0. The van der Waals surface area contributed by atoms with Gasteiger partial charge in [-0.3, -0.25) is 0 Å². The summed E-state index contributed by atoms with van der Waals surface area (Å²) in [5, 5.41) is 3.25. The van der Waals surface area contributed by atoms with Crippen molar-refractivity contribution < 1.29 is 0 Å². The first-order valence-corrected chi connectivity index (χ1v) is 22.2. The lowest BCUT2D eigenvalue weighted by molar-refractivity contribution is 0.590. The highest BCUT2D eigenvalue weighted by molar-refractivity contribution is 7.17. The minimum atomic E-state index is -1.98. The maximum atomic E-state index is 2.58. The zero-order chi connectivity index (χ0) is 37.0. The Morgan fingerprint density at radius 2 is 1.13 bits per heavy atom. The van der Waals surface area contributed by atoms with E-state index in [0.717, 1.165) is 17.1 Å². The molecule has 4 heteroatoms. The molecular weight excluding hydrogens is 655 g/mol. The van der Waals surface area contributed by atoms with Crippen LogP contribution in [0.4, 0.5) is 34.1 Å². The molecule has 0 aliphatic carbocycles. The maximum Gasteiger partial charge on any atom is 0.240 e. The van der Waals surface area contributed by atoms with Crippen LogP contribution in [0.1, 0.15) is 69.4 Å². The second-order valence-electron chi connectivity index (χ2n) is 18.0. The second kappa shape index (κ2) is 11.7. The van der Waals surface area contributed by atoms with Crippen LogP contribution in [-0.2, 0) is 10.8 Å². The lowest BCUT2D eigenvalue weighted by Gasteiger charge is -2.39. The Kier molecular flexibility index (Phi) is 7.47. The molecule has 0 aromatic heterocycles. The standard InChI is InChI=1S/C49H49BN2Si/c1-32-29-40-45-39-17-13-14-18-44(39)53(8,9)47(45)50-41-28-27-38(31-42(41)52(43(30-32)46(40)50)35-15-11-10-12-16-35)51(36-23-19-33(20-24-36)48(2,3)4)37-25-21-34(22-26-37)49(5,6)7/h10-31H,1-9H3. The van der Waals surface area contributed by atoms with Gasteiger partial charge in [-0.25, -0.2) is 0 Å². The van der Waals surface area contributed by atoms with E-state index in [1.165, 1.54) is 61.4 Å². The van der Waals surface area contributed by atoms with E-state index in [1.807, 2.05) is 0 Å². The zero-order valence-electron chi connectivity index (χ0n) is 32.7. The topological polar surface area (TPSA) is 6.48 Å². The van der Waals surface area contributed by atoms with Gasteiger partial charge < -0.3 is 9.80 Å². The molecule has 0 unspecified atom stereocenters. The molecule has 0 saturated heterocycles. The maximum absolute atomic E-state index is 2.58. The van der Waals surface area contributed by atoms with E-state index < -0.39 is 8.07 Å². The number of rotatable bonds is 4. The molecule has 3 heterocycles. The van der Waals surface area contributed by atoms with Crippen LogP contribution in [0.15, 0.2) is 139 Å². The highest BCUT2D eigenvalue weighted by Gasteiger charge is 2.53. The molecule has 0 fully saturated rings. The van der Waals surface area contributed by atoms with Crippen molar-refractivity contribution in [3.05, 3.63) is 166 Å². The Bertz CT molecular complexity index is 2390. The van der Waals surface area contributed by atoms with Crippen molar-refractivity contribution in [2.24, 2.45) is 0 Å². The number of benzene rings is 6. The van der Waals surface area contributed by atoms with Crippen molar-refractivity contribution in [1.29, 1.82) is 0 Å². The molecule has 262 valence electrons. The van der Waals surface area contributed by atoms with Crippen LogP contribution in [-0.4, -0.2) is 14.8 Å². The number of hydrogen-bond acceptors (Lipinski definition) is 2. The van der Waals surface area contributed by atoms with E-state index in [-0.39, 0.29) is 17.5 Å². The van der Waals surface area contributed by atoms with E-state index >= 15 is 0 Å². The lowest BCUT2D eigenvalue weighted by Crippen LogP contribution is -2.57. The van der Waals surface area contributed by atoms with Gasteiger partial charge >= 0.3 is 0 Å². The lowest BCUT2D eigenvalue weighted by atomic mass is 9.39. The Balaban J connectivity index is 1.29. The molecule has 6 aromatic rings. The summed E-state index contributed by atoms with van der Waals surface area (Å²) in [4.78, 5) is 5.00. The number of nitrogens with zero attached hydrogens (tertiary/aromatic N) is 2. The van der Waals surface area contributed by atoms with Gasteiger partial charge in [0.1, 0.15) is 8.07 Å². The molecule has 0 atom stereocenters. The third kappa shape index (κ3) is 5.21. The van der Waals surface area contributed by atoms with Gasteiger partial charge in [-0.2, -0.15) is 0 Å². The van der Waals surface area contributed by atoms with Gasteiger partial charge in [0.25, 0.3) is 0 Å². The van der Waals surface area contributed by atoms with E-state index in [9.17, 15) is 0 Å². The quantitative estimate of drug-likeness (QED) is 0.169. The normalized spacial score (nSPS) is 15.3. The molecule has 9 rings (SSSR count). The predicted octanol–water partition coefficient (Wildman–Crippen LogP) is 11.3. The molecule has 0 spiro atoms. The predicted molar refractivity (Wildman–Crippen MR) is 233 cm³/mol. The third-order valence-electron chi connectivity index (χ3n) is 12.0. The van der Waals surface area contributed by atoms with Crippen LogP contribution in [0.5, 0.6) is 0 Å². The molecule has 0 amide bonds. The SMILES string of the molecule is Cc1cc2c3c(c1)N(c1ccccc1)c1cc(N(c4ccc(C(C)(C)C)cc4)c4ccc(C(C)(C)C)cc4)ccc1B3C1=C2c2ccccc2[Si]1(C)C. The van der Waals surface area contributed by atoms with Crippen LogP contribution in [0, 0.1) is 6.92 Å². The first-order valence-electron chi connectivity index (χ1n) is 19.2. The van der Waals surface area contributed by atoms with E-state index in [0.29, 0.717) is 0 Å². The minimum Gasteiger partial charge on any atom is -0.311 e. The molecule has 0 bridgehead atoms. The molecule has 6 aromatic carbocycles. The van der Waals surface area contributed by atoms with Crippen molar-refractivity contribution in [3.63, 3.8) is 0 Å². The van der Waals surface area contributed by atoms with Gasteiger partial charge in [0.05, 0.1) is 0 Å². The van der Waals surface area contributed by atoms with Crippen LogP contribution >= 0.6 is 0 Å². The second-order valence-corrected chi connectivity index (χ2v) is 22.3. The largest absolute Gasteiger partial charge is 0.311 e. The summed E-state index contributed by atoms with van der Waals surface area (Å²) in [7, 11) is -1.98. The molecular formula is C49H49BN2Si. The number of para-hydroxylation sites is 1. The number of anilines is 6. The number of aryl methyl sites for hydroxylation is 1. The van der Waals surface area contributed by atoms with Crippen molar-refractivity contribution in [1.82, 2.24) is 0 Å². The fourth-order valence-corrected chi connectivity index (χ4v) is 12.9. The van der Waals surface area contributed by atoms with Gasteiger partial charge in [-0.1, -0.05) is 139 Å². The van der Waals surface area contributed by atoms with Gasteiger partial charge in [0.15, 0.2) is 0 Å². The third-order valence-corrected chi connectivity index (χ3v) is 15.7. The fourth-order valence-electron chi connectivity index (χ4n) is 9.34. The van der Waals surface area contributed by atoms with Crippen molar-refractivity contribution in [2.75, 3.05) is 9.80 Å². The van der Waals surface area contributed by atoms with Crippen LogP contribution in [0.3, 0.4) is 0 Å². The number of fused-ring (bicyclic) bond motifs is 6. The van der Waals surface area contributed by atoms with Crippen LogP contribution < -0.4 is 25.9 Å². The first kappa shape index (κ1) is 33.8. The summed E-state index contributed by atoms with van der Waals surface area (Å²) in [6.07, 6.45) is 0. The summed E-state index contributed by atoms with van der Waals surface area (Å²) in [6, 6.07) is 50.9. The van der Waals surface area contributed by atoms with Crippen molar-refractivity contribution in [3.8, 4) is 0 Å². The molecule has 3 aliphatic rings. The van der Waals surface area contributed by atoms with Gasteiger partial charge in [-0.15, -0.1) is 0 Å². The fraction of sp³-hybridized carbons (Fsp3) is 0.224. The van der Waals surface area contributed by atoms with E-state index in [2.05, 4.69) is 205 Å². The summed E-state index contributed by atoms with van der Waals surface area (Å²) in [5.41, 5.74) is 18.6. The highest BCUT2D eigenvalue weighted by Crippen LogP contribution is 2.50. The summed E-state index contributed by atoms with van der Waals surface area (Å²) in [5.74, 6) is 0. The number of hydrogen-bond donors (Lipinski definition) is 0. The average Bonchev–Trinajstić information content (AvgIpc) is 3.59. The summed E-state index contributed by atoms with van der Waals surface area (Å²) in [6.45, 7) is 21.4. The molecule has 2 nitrogen and oxygen atoms in total. The highest BCUT2D eigenvalue weighted by atomic mass is 28.3. The average molecular weight is 705 g/mol. The molecule has 0 N–H and O–H groups in total. The molecule has 3 aliphatic heterocycles. The van der Waals surface area contributed by atoms with Gasteiger partial charge in [0, 0.05) is 34.1 Å². The minimum absolute atomic E-state index is 0.0793. The van der Waals surface area contributed by atoms with Gasteiger partial charge in [-0.05, 0) is 122 Å². The molecule has 0 radical (unpaired) electrons. The van der Waals surface area contributed by atoms with Crippen LogP contribution in [0.2, 0.25) is 13.1 Å². The Morgan fingerprint density at radius 1 is 0.566 bits per heavy atom. The summed E-state index contributed by atoms with van der Waals surface area (Å²) < 4.78 is 0. The van der Waals surface area contributed by atoms with Crippen LogP contribution in [0.25, 0.3) is 5.57 Å². The van der Waals surface area contributed by atoms with Crippen molar-refractivity contribution >= 4 is 70.6 Å². The monoisotopic (exact) mass is 704 g/mol. The molecule has 0 saturated carbocycles. The van der Waals surface area contributed by atoms with E-state index in [1.54, 1.807) is 10.3 Å². The Labute approximate surface area is 317 Å².